The number of likely N-dealkylation sites (tertiary alicyclic amines) is 1. The molecule has 110 valence electrons. The third kappa shape index (κ3) is 2.54. The van der Waals surface area contributed by atoms with Crippen molar-refractivity contribution >= 4 is 5.78 Å². The van der Waals surface area contributed by atoms with Crippen molar-refractivity contribution in [2.75, 3.05) is 13.1 Å². The third-order valence-corrected chi connectivity index (χ3v) is 5.07. The van der Waals surface area contributed by atoms with Crippen LogP contribution in [-0.2, 0) is 0 Å². The van der Waals surface area contributed by atoms with Crippen LogP contribution in [0.4, 0.5) is 0 Å². The van der Waals surface area contributed by atoms with Gasteiger partial charge >= 0.3 is 0 Å². The van der Waals surface area contributed by atoms with Gasteiger partial charge in [-0.2, -0.15) is 0 Å². The Hall–Kier alpha value is -1.15. The van der Waals surface area contributed by atoms with Gasteiger partial charge in [0.1, 0.15) is 0 Å². The summed E-state index contributed by atoms with van der Waals surface area (Å²) >= 11 is 0. The summed E-state index contributed by atoms with van der Waals surface area (Å²) in [6.07, 6.45) is 4.24. The molecular weight excluding hydrogens is 246 g/mol. The second kappa shape index (κ2) is 6.09. The molecule has 1 aromatic rings. The van der Waals surface area contributed by atoms with Crippen LogP contribution in [0.15, 0.2) is 18.2 Å². The van der Waals surface area contributed by atoms with E-state index in [-0.39, 0.29) is 5.54 Å². The van der Waals surface area contributed by atoms with E-state index in [1.165, 1.54) is 24.0 Å². The molecule has 20 heavy (non-hydrogen) atoms. The standard InChI is InChI=1S/C18H27NO/c1-5-18(6-2,19-11-7-8-12-19)17(20)16-10-9-14(3)15(4)13-16/h9-10,13H,5-8,11-12H2,1-4H3. The van der Waals surface area contributed by atoms with E-state index in [9.17, 15) is 4.79 Å². The predicted octanol–water partition coefficient (Wildman–Crippen LogP) is 4.14. The fourth-order valence-corrected chi connectivity index (χ4v) is 3.46. The first kappa shape index (κ1) is 15.2. The van der Waals surface area contributed by atoms with Crippen LogP contribution >= 0.6 is 0 Å². The predicted molar refractivity (Wildman–Crippen MR) is 84.4 cm³/mol. The quantitative estimate of drug-likeness (QED) is 0.751. The van der Waals surface area contributed by atoms with Crippen LogP contribution in [0.3, 0.4) is 0 Å². The van der Waals surface area contributed by atoms with Crippen LogP contribution in [0.25, 0.3) is 0 Å². The summed E-state index contributed by atoms with van der Waals surface area (Å²) in [6, 6.07) is 6.14. The summed E-state index contributed by atoms with van der Waals surface area (Å²) in [7, 11) is 0. The van der Waals surface area contributed by atoms with Gasteiger partial charge in [-0.3, -0.25) is 9.69 Å². The van der Waals surface area contributed by atoms with Crippen LogP contribution in [-0.4, -0.2) is 29.3 Å². The molecule has 0 unspecified atom stereocenters. The minimum absolute atomic E-state index is 0.293. The minimum atomic E-state index is -0.293. The van der Waals surface area contributed by atoms with Gasteiger partial charge in [0.15, 0.2) is 5.78 Å². The zero-order valence-electron chi connectivity index (χ0n) is 13.3. The van der Waals surface area contributed by atoms with Gasteiger partial charge in [0, 0.05) is 5.56 Å². The normalized spacial score (nSPS) is 16.6. The molecule has 2 nitrogen and oxygen atoms in total. The topological polar surface area (TPSA) is 20.3 Å². The second-order valence-electron chi connectivity index (χ2n) is 6.06. The van der Waals surface area contributed by atoms with Gasteiger partial charge in [0.25, 0.3) is 0 Å². The summed E-state index contributed by atoms with van der Waals surface area (Å²) in [4.78, 5) is 15.6. The lowest BCUT2D eigenvalue weighted by atomic mass is 9.82. The van der Waals surface area contributed by atoms with Gasteiger partial charge in [0.2, 0.25) is 0 Å². The Morgan fingerprint density at radius 2 is 1.70 bits per heavy atom. The maximum atomic E-state index is 13.1. The molecule has 0 aromatic heterocycles. The maximum absolute atomic E-state index is 13.1. The molecule has 0 aliphatic carbocycles. The van der Waals surface area contributed by atoms with Crippen molar-refractivity contribution in [3.8, 4) is 0 Å². The van der Waals surface area contributed by atoms with Crippen LogP contribution in [0.5, 0.6) is 0 Å². The Labute approximate surface area is 123 Å². The maximum Gasteiger partial charge on any atom is 0.183 e. The Morgan fingerprint density at radius 3 is 2.20 bits per heavy atom. The first-order valence-corrected chi connectivity index (χ1v) is 7.92. The highest BCUT2D eigenvalue weighted by atomic mass is 16.1. The second-order valence-corrected chi connectivity index (χ2v) is 6.06. The van der Waals surface area contributed by atoms with Gasteiger partial charge in [-0.15, -0.1) is 0 Å². The van der Waals surface area contributed by atoms with Crippen molar-refractivity contribution < 1.29 is 4.79 Å². The molecule has 1 heterocycles. The van der Waals surface area contributed by atoms with Gasteiger partial charge in [-0.25, -0.2) is 0 Å². The SMILES string of the molecule is CCC(CC)(C(=O)c1ccc(C)c(C)c1)N1CCCC1. The lowest BCUT2D eigenvalue weighted by Gasteiger charge is -2.39. The van der Waals surface area contributed by atoms with Crippen molar-refractivity contribution in [1.82, 2.24) is 4.90 Å². The molecule has 0 spiro atoms. The minimum Gasteiger partial charge on any atom is -0.292 e. The number of hydrogen-bond donors (Lipinski definition) is 0. The monoisotopic (exact) mass is 273 g/mol. The van der Waals surface area contributed by atoms with Crippen LogP contribution < -0.4 is 0 Å². The highest BCUT2D eigenvalue weighted by molar-refractivity contribution is 6.03. The van der Waals surface area contributed by atoms with Crippen LogP contribution in [0.2, 0.25) is 0 Å². The highest BCUT2D eigenvalue weighted by Crippen LogP contribution is 2.32. The zero-order chi connectivity index (χ0) is 14.8. The van der Waals surface area contributed by atoms with E-state index in [0.717, 1.165) is 31.5 Å². The Morgan fingerprint density at radius 1 is 1.10 bits per heavy atom. The number of aryl methyl sites for hydroxylation is 2. The molecule has 1 saturated heterocycles. The van der Waals surface area contributed by atoms with Crippen molar-refractivity contribution in [2.45, 2.75) is 58.9 Å². The summed E-state index contributed by atoms with van der Waals surface area (Å²) in [6.45, 7) is 10.6. The Bertz CT molecular complexity index is 482. The molecule has 0 saturated carbocycles. The number of ketones is 1. The summed E-state index contributed by atoms with van der Waals surface area (Å²) < 4.78 is 0. The molecule has 0 atom stereocenters. The summed E-state index contributed by atoms with van der Waals surface area (Å²) in [5.41, 5.74) is 3.04. The van der Waals surface area contributed by atoms with Gasteiger partial charge < -0.3 is 0 Å². The van der Waals surface area contributed by atoms with Crippen molar-refractivity contribution in [3.63, 3.8) is 0 Å². The molecule has 0 bridgehead atoms. The molecule has 0 amide bonds. The largest absolute Gasteiger partial charge is 0.292 e. The first-order valence-electron chi connectivity index (χ1n) is 7.92. The molecule has 1 aromatic carbocycles. The van der Waals surface area contributed by atoms with E-state index in [1.54, 1.807) is 0 Å². The average Bonchev–Trinajstić information content (AvgIpc) is 2.98. The number of nitrogens with zero attached hydrogens (tertiary/aromatic N) is 1. The van der Waals surface area contributed by atoms with Crippen molar-refractivity contribution in [3.05, 3.63) is 34.9 Å². The molecule has 2 heteroatoms. The summed E-state index contributed by atoms with van der Waals surface area (Å²) in [5.74, 6) is 0.313. The van der Waals surface area contributed by atoms with Crippen LogP contribution in [0.1, 0.15) is 61.0 Å². The van der Waals surface area contributed by atoms with Gasteiger partial charge in [-0.05, 0) is 69.8 Å². The van der Waals surface area contributed by atoms with E-state index >= 15 is 0 Å². The number of hydrogen-bond acceptors (Lipinski definition) is 2. The molecule has 1 aliphatic rings. The van der Waals surface area contributed by atoms with Crippen molar-refractivity contribution in [2.24, 2.45) is 0 Å². The number of benzene rings is 1. The fraction of sp³-hybridized carbons (Fsp3) is 0.611. The lowest BCUT2D eigenvalue weighted by Crippen LogP contribution is -2.52. The van der Waals surface area contributed by atoms with E-state index in [0.29, 0.717) is 5.78 Å². The van der Waals surface area contributed by atoms with E-state index in [1.807, 2.05) is 6.07 Å². The first-order chi connectivity index (χ1) is 9.55. The Balaban J connectivity index is 2.37. The summed E-state index contributed by atoms with van der Waals surface area (Å²) in [5, 5.41) is 0. The van der Waals surface area contributed by atoms with E-state index in [4.69, 9.17) is 0 Å². The average molecular weight is 273 g/mol. The highest BCUT2D eigenvalue weighted by Gasteiger charge is 2.42. The number of Topliss-reactive ketones (excluding diaryl/α,β-unsaturated/α-hetero) is 1. The van der Waals surface area contributed by atoms with Gasteiger partial charge in [0.05, 0.1) is 5.54 Å². The lowest BCUT2D eigenvalue weighted by molar-refractivity contribution is 0.0581. The smallest absolute Gasteiger partial charge is 0.183 e. The fourth-order valence-electron chi connectivity index (χ4n) is 3.46. The van der Waals surface area contributed by atoms with Crippen molar-refractivity contribution in [1.29, 1.82) is 0 Å². The Kier molecular flexibility index (Phi) is 4.64. The molecule has 1 fully saturated rings. The molecule has 0 radical (unpaired) electrons. The number of rotatable bonds is 5. The van der Waals surface area contributed by atoms with Gasteiger partial charge in [-0.1, -0.05) is 26.0 Å². The van der Waals surface area contributed by atoms with E-state index in [2.05, 4.69) is 44.7 Å². The van der Waals surface area contributed by atoms with E-state index < -0.39 is 0 Å². The zero-order valence-corrected chi connectivity index (χ0v) is 13.3. The number of carbonyl (C=O) groups is 1. The number of carbonyl (C=O) groups excluding carboxylic acids is 1. The molecular formula is C18H27NO. The molecule has 1 aliphatic heterocycles. The van der Waals surface area contributed by atoms with Crippen LogP contribution in [0, 0.1) is 13.8 Å². The molecule has 2 rings (SSSR count). The third-order valence-electron chi connectivity index (χ3n) is 5.07. The molecule has 0 N–H and O–H groups in total.